The SMILES string of the molecule is CC(C)CNc1cc(C(N)=O)n(C)n1.Cl. The zero-order valence-corrected chi connectivity index (χ0v) is 9.97. The molecule has 86 valence electrons. The van der Waals surface area contributed by atoms with Gasteiger partial charge in [-0.2, -0.15) is 5.10 Å². The molecule has 0 saturated carbocycles. The van der Waals surface area contributed by atoms with Gasteiger partial charge in [0.25, 0.3) is 5.91 Å². The maximum absolute atomic E-state index is 10.9. The van der Waals surface area contributed by atoms with E-state index >= 15 is 0 Å². The van der Waals surface area contributed by atoms with Crippen molar-refractivity contribution in [3.05, 3.63) is 11.8 Å². The molecule has 1 amide bonds. The van der Waals surface area contributed by atoms with E-state index in [-0.39, 0.29) is 12.4 Å². The number of halogens is 1. The molecular weight excluding hydrogens is 216 g/mol. The van der Waals surface area contributed by atoms with E-state index in [1.54, 1.807) is 13.1 Å². The molecule has 0 atom stereocenters. The molecule has 1 heterocycles. The van der Waals surface area contributed by atoms with E-state index in [4.69, 9.17) is 5.73 Å². The zero-order valence-electron chi connectivity index (χ0n) is 9.15. The number of aromatic nitrogens is 2. The summed E-state index contributed by atoms with van der Waals surface area (Å²) in [5.41, 5.74) is 5.57. The van der Waals surface area contributed by atoms with Gasteiger partial charge in [0.05, 0.1) is 0 Å². The molecule has 1 aromatic rings. The lowest BCUT2D eigenvalue weighted by atomic mass is 10.2. The molecule has 0 bridgehead atoms. The van der Waals surface area contributed by atoms with Gasteiger partial charge in [-0.05, 0) is 5.92 Å². The lowest BCUT2D eigenvalue weighted by Crippen LogP contribution is -2.15. The second-order valence-corrected chi connectivity index (χ2v) is 3.68. The van der Waals surface area contributed by atoms with Crippen molar-refractivity contribution in [2.45, 2.75) is 13.8 Å². The molecular formula is C9H17ClN4O. The second kappa shape index (κ2) is 5.60. The molecule has 1 rings (SSSR count). The number of hydrogen-bond acceptors (Lipinski definition) is 3. The summed E-state index contributed by atoms with van der Waals surface area (Å²) < 4.78 is 1.48. The largest absolute Gasteiger partial charge is 0.368 e. The highest BCUT2D eigenvalue weighted by atomic mass is 35.5. The average Bonchev–Trinajstić information content (AvgIpc) is 2.43. The normalized spacial score (nSPS) is 9.87. The Kier molecular flexibility index (Phi) is 5.14. The predicted molar refractivity (Wildman–Crippen MR) is 62.3 cm³/mol. The van der Waals surface area contributed by atoms with Gasteiger partial charge in [-0.25, -0.2) is 0 Å². The van der Waals surface area contributed by atoms with Gasteiger partial charge in [0.2, 0.25) is 0 Å². The summed E-state index contributed by atoms with van der Waals surface area (Å²) in [6.07, 6.45) is 0. The number of nitrogens with one attached hydrogen (secondary N) is 1. The molecule has 0 fully saturated rings. The van der Waals surface area contributed by atoms with Crippen LogP contribution < -0.4 is 11.1 Å². The number of carbonyl (C=O) groups is 1. The maximum Gasteiger partial charge on any atom is 0.267 e. The highest BCUT2D eigenvalue weighted by molar-refractivity contribution is 5.91. The van der Waals surface area contributed by atoms with E-state index in [0.717, 1.165) is 6.54 Å². The number of nitrogens with zero attached hydrogens (tertiary/aromatic N) is 2. The molecule has 3 N–H and O–H groups in total. The Morgan fingerprint density at radius 2 is 2.27 bits per heavy atom. The average molecular weight is 233 g/mol. The first-order valence-electron chi connectivity index (χ1n) is 4.58. The van der Waals surface area contributed by atoms with E-state index in [0.29, 0.717) is 17.4 Å². The molecule has 0 aliphatic rings. The summed E-state index contributed by atoms with van der Waals surface area (Å²) >= 11 is 0. The number of aryl methyl sites for hydroxylation is 1. The molecule has 0 aliphatic carbocycles. The van der Waals surface area contributed by atoms with Gasteiger partial charge in [0, 0.05) is 19.7 Å². The van der Waals surface area contributed by atoms with Gasteiger partial charge in [-0.15, -0.1) is 12.4 Å². The van der Waals surface area contributed by atoms with Crippen LogP contribution in [-0.4, -0.2) is 22.2 Å². The number of anilines is 1. The van der Waals surface area contributed by atoms with Gasteiger partial charge < -0.3 is 11.1 Å². The predicted octanol–water partition coefficient (Wildman–Crippen LogP) is 1.01. The smallest absolute Gasteiger partial charge is 0.267 e. The Hall–Kier alpha value is -1.23. The molecule has 0 aliphatic heterocycles. The van der Waals surface area contributed by atoms with Crippen LogP contribution in [0.5, 0.6) is 0 Å². The number of amides is 1. The summed E-state index contributed by atoms with van der Waals surface area (Å²) in [5.74, 6) is 0.765. The molecule has 1 aromatic heterocycles. The number of primary amides is 1. The Morgan fingerprint density at radius 3 is 2.67 bits per heavy atom. The maximum atomic E-state index is 10.9. The van der Waals surface area contributed by atoms with Gasteiger partial charge in [0.15, 0.2) is 0 Å². The molecule has 0 radical (unpaired) electrons. The molecule has 0 spiro atoms. The monoisotopic (exact) mass is 232 g/mol. The highest BCUT2D eigenvalue weighted by Crippen LogP contribution is 2.08. The first-order valence-corrected chi connectivity index (χ1v) is 4.58. The van der Waals surface area contributed by atoms with E-state index in [2.05, 4.69) is 24.3 Å². The lowest BCUT2D eigenvalue weighted by molar-refractivity contribution is 0.0991. The summed E-state index contributed by atoms with van der Waals surface area (Å²) in [6.45, 7) is 5.03. The van der Waals surface area contributed by atoms with Gasteiger partial charge in [0.1, 0.15) is 11.5 Å². The Morgan fingerprint density at radius 1 is 1.67 bits per heavy atom. The summed E-state index contributed by atoms with van der Waals surface area (Å²) in [6, 6.07) is 1.66. The summed E-state index contributed by atoms with van der Waals surface area (Å²) in [4.78, 5) is 10.9. The van der Waals surface area contributed by atoms with E-state index in [1.165, 1.54) is 4.68 Å². The lowest BCUT2D eigenvalue weighted by Gasteiger charge is -2.04. The highest BCUT2D eigenvalue weighted by Gasteiger charge is 2.09. The van der Waals surface area contributed by atoms with Crippen LogP contribution in [0.15, 0.2) is 6.07 Å². The molecule has 0 saturated heterocycles. The number of carbonyl (C=O) groups excluding carboxylic acids is 1. The third-order valence-corrected chi connectivity index (χ3v) is 1.82. The number of rotatable bonds is 4. The van der Waals surface area contributed by atoms with Crippen molar-refractivity contribution in [1.29, 1.82) is 0 Å². The Balaban J connectivity index is 0.00000196. The first-order chi connectivity index (χ1) is 6.50. The molecule has 0 aromatic carbocycles. The quantitative estimate of drug-likeness (QED) is 0.814. The van der Waals surface area contributed by atoms with Gasteiger partial charge >= 0.3 is 0 Å². The number of hydrogen-bond donors (Lipinski definition) is 2. The molecule has 5 nitrogen and oxygen atoms in total. The molecule has 15 heavy (non-hydrogen) atoms. The van der Waals surface area contributed by atoms with Crippen LogP contribution in [0, 0.1) is 5.92 Å². The minimum Gasteiger partial charge on any atom is -0.368 e. The standard InChI is InChI=1S/C9H16N4O.ClH/c1-6(2)5-11-8-4-7(9(10)14)13(3)12-8;/h4,6H,5H2,1-3H3,(H2,10,14)(H,11,12);1H. The molecule has 0 unspecified atom stereocenters. The molecule has 6 heteroatoms. The van der Waals surface area contributed by atoms with Crippen molar-refractivity contribution in [2.24, 2.45) is 18.7 Å². The third-order valence-electron chi connectivity index (χ3n) is 1.82. The van der Waals surface area contributed by atoms with Crippen LogP contribution in [0.1, 0.15) is 24.3 Å². The Bertz CT molecular complexity index is 335. The van der Waals surface area contributed by atoms with Crippen LogP contribution >= 0.6 is 12.4 Å². The topological polar surface area (TPSA) is 72.9 Å². The van der Waals surface area contributed by atoms with Gasteiger partial charge in [-0.3, -0.25) is 9.48 Å². The second-order valence-electron chi connectivity index (χ2n) is 3.68. The Labute approximate surface area is 95.4 Å². The summed E-state index contributed by atoms with van der Waals surface area (Å²) in [5, 5.41) is 7.23. The fourth-order valence-corrected chi connectivity index (χ4v) is 1.09. The fourth-order valence-electron chi connectivity index (χ4n) is 1.09. The zero-order chi connectivity index (χ0) is 10.7. The van der Waals surface area contributed by atoms with Crippen molar-refractivity contribution in [3.63, 3.8) is 0 Å². The minimum atomic E-state index is -0.461. The van der Waals surface area contributed by atoms with Crippen LogP contribution in [0.4, 0.5) is 5.82 Å². The van der Waals surface area contributed by atoms with Crippen molar-refractivity contribution >= 4 is 24.1 Å². The minimum absolute atomic E-state index is 0. The van der Waals surface area contributed by atoms with Crippen LogP contribution in [0.2, 0.25) is 0 Å². The first kappa shape index (κ1) is 13.8. The van der Waals surface area contributed by atoms with E-state index in [1.807, 2.05) is 0 Å². The van der Waals surface area contributed by atoms with Gasteiger partial charge in [-0.1, -0.05) is 13.8 Å². The van der Waals surface area contributed by atoms with Crippen LogP contribution in [0.25, 0.3) is 0 Å². The summed E-state index contributed by atoms with van der Waals surface area (Å²) in [7, 11) is 1.70. The fraction of sp³-hybridized carbons (Fsp3) is 0.556. The van der Waals surface area contributed by atoms with E-state index < -0.39 is 5.91 Å². The third kappa shape index (κ3) is 3.79. The van der Waals surface area contributed by atoms with Crippen LogP contribution in [0.3, 0.4) is 0 Å². The van der Waals surface area contributed by atoms with Crippen LogP contribution in [-0.2, 0) is 7.05 Å². The van der Waals surface area contributed by atoms with E-state index in [9.17, 15) is 4.79 Å². The van der Waals surface area contributed by atoms with Crippen molar-refractivity contribution in [2.75, 3.05) is 11.9 Å². The van der Waals surface area contributed by atoms with Crippen molar-refractivity contribution in [1.82, 2.24) is 9.78 Å². The van der Waals surface area contributed by atoms with Crippen molar-refractivity contribution < 1.29 is 4.79 Å². The van der Waals surface area contributed by atoms with Crippen molar-refractivity contribution in [3.8, 4) is 0 Å². The number of nitrogens with two attached hydrogens (primary N) is 1.